The van der Waals surface area contributed by atoms with Crippen molar-refractivity contribution in [3.05, 3.63) is 58.1 Å². The number of hydrogen-bond donors (Lipinski definition) is 1. The number of piperidine rings is 1. The van der Waals surface area contributed by atoms with E-state index in [1.54, 1.807) is 23.7 Å². The Morgan fingerprint density at radius 3 is 2.79 bits per heavy atom. The Morgan fingerprint density at radius 2 is 2.07 bits per heavy atom. The lowest BCUT2D eigenvalue weighted by molar-refractivity contribution is -0.131. The van der Waals surface area contributed by atoms with Gasteiger partial charge in [0.05, 0.1) is 29.0 Å². The average molecular weight is 409 g/mol. The van der Waals surface area contributed by atoms with E-state index in [0.29, 0.717) is 18.2 Å². The summed E-state index contributed by atoms with van der Waals surface area (Å²) in [6.07, 6.45) is 7.47. The summed E-state index contributed by atoms with van der Waals surface area (Å²) in [7, 11) is 0. The lowest BCUT2D eigenvalue weighted by atomic mass is 9.93. The van der Waals surface area contributed by atoms with Crippen molar-refractivity contribution in [3.63, 3.8) is 0 Å². The third kappa shape index (κ3) is 4.76. The predicted molar refractivity (Wildman–Crippen MR) is 113 cm³/mol. The second-order valence-electron chi connectivity index (χ2n) is 7.31. The van der Waals surface area contributed by atoms with Crippen molar-refractivity contribution in [1.82, 2.24) is 24.8 Å². The van der Waals surface area contributed by atoms with Crippen LogP contribution in [0.25, 0.3) is 0 Å². The molecule has 0 aromatic carbocycles. The van der Waals surface area contributed by atoms with Crippen LogP contribution in [0.1, 0.15) is 40.7 Å². The van der Waals surface area contributed by atoms with Crippen LogP contribution in [0.4, 0.5) is 11.6 Å². The maximum atomic E-state index is 12.6. The molecule has 1 fully saturated rings. The van der Waals surface area contributed by atoms with Crippen LogP contribution >= 0.6 is 11.3 Å². The highest BCUT2D eigenvalue weighted by Crippen LogP contribution is 2.28. The Kier molecular flexibility index (Phi) is 5.80. The molecule has 0 radical (unpaired) electrons. The van der Waals surface area contributed by atoms with Crippen molar-refractivity contribution in [1.29, 1.82) is 0 Å². The highest BCUT2D eigenvalue weighted by atomic mass is 32.1. The highest BCUT2D eigenvalue weighted by Gasteiger charge is 2.25. The molecule has 1 aliphatic heterocycles. The molecule has 3 aromatic rings. The Labute approximate surface area is 174 Å². The first-order valence-electron chi connectivity index (χ1n) is 9.78. The van der Waals surface area contributed by atoms with Crippen LogP contribution in [-0.2, 0) is 11.2 Å². The van der Waals surface area contributed by atoms with Gasteiger partial charge in [-0.3, -0.25) is 9.78 Å². The van der Waals surface area contributed by atoms with E-state index < -0.39 is 0 Å². The van der Waals surface area contributed by atoms with E-state index in [4.69, 9.17) is 4.98 Å². The Bertz CT molecular complexity index is 996. The zero-order valence-electron chi connectivity index (χ0n) is 16.6. The van der Waals surface area contributed by atoms with Gasteiger partial charge in [-0.25, -0.2) is 15.0 Å². The number of hydrogen-bond acceptors (Lipinski definition) is 7. The molecule has 1 aliphatic rings. The number of carbonyl (C=O) groups excluding carboxylic acids is 1. The Balaban J connectivity index is 1.36. The molecule has 1 saturated heterocycles. The third-order valence-electron chi connectivity index (χ3n) is 5.17. The number of carbonyl (C=O) groups is 1. The molecule has 0 unspecified atom stereocenters. The van der Waals surface area contributed by atoms with Gasteiger partial charge in [-0.15, -0.1) is 11.3 Å². The van der Waals surface area contributed by atoms with Crippen molar-refractivity contribution < 1.29 is 4.79 Å². The zero-order chi connectivity index (χ0) is 20.2. The number of thiazole rings is 1. The number of pyridine rings is 1. The van der Waals surface area contributed by atoms with Gasteiger partial charge in [0.1, 0.15) is 11.6 Å². The van der Waals surface area contributed by atoms with Gasteiger partial charge in [0.15, 0.2) is 0 Å². The molecular weight excluding hydrogens is 384 g/mol. The van der Waals surface area contributed by atoms with Gasteiger partial charge in [0.2, 0.25) is 5.91 Å². The van der Waals surface area contributed by atoms with Crippen molar-refractivity contribution >= 4 is 28.9 Å². The zero-order valence-corrected chi connectivity index (χ0v) is 17.4. The summed E-state index contributed by atoms with van der Waals surface area (Å²) in [5.74, 6) is 1.94. The molecule has 4 rings (SSSR count). The van der Waals surface area contributed by atoms with Crippen LogP contribution in [0, 0.1) is 13.8 Å². The van der Waals surface area contributed by atoms with E-state index in [1.165, 1.54) is 0 Å². The normalized spacial score (nSPS) is 14.8. The molecule has 0 aliphatic carbocycles. The molecule has 0 atom stereocenters. The molecular formula is C21H24N6OS. The number of nitrogens with one attached hydrogen (secondary N) is 1. The largest absolute Gasteiger partial charge is 0.342 e. The van der Waals surface area contributed by atoms with Crippen LogP contribution in [0.15, 0.2) is 36.1 Å². The first-order valence-corrected chi connectivity index (χ1v) is 10.7. The van der Waals surface area contributed by atoms with Gasteiger partial charge in [0, 0.05) is 36.8 Å². The predicted octanol–water partition coefficient (Wildman–Crippen LogP) is 3.64. The van der Waals surface area contributed by atoms with Gasteiger partial charge in [0.25, 0.3) is 0 Å². The number of amides is 1. The van der Waals surface area contributed by atoms with E-state index in [2.05, 4.69) is 20.3 Å². The van der Waals surface area contributed by atoms with Gasteiger partial charge in [-0.05, 0) is 38.3 Å². The average Bonchev–Trinajstić information content (AvgIpc) is 3.14. The molecule has 1 N–H and O–H groups in total. The fourth-order valence-electron chi connectivity index (χ4n) is 3.56. The van der Waals surface area contributed by atoms with Crippen molar-refractivity contribution in [2.24, 2.45) is 0 Å². The van der Waals surface area contributed by atoms with Crippen LogP contribution in [0.2, 0.25) is 0 Å². The fourth-order valence-corrected chi connectivity index (χ4v) is 4.17. The molecule has 0 spiro atoms. The number of likely N-dealkylation sites (tertiary alicyclic amines) is 1. The van der Waals surface area contributed by atoms with E-state index in [9.17, 15) is 4.79 Å². The second-order valence-corrected chi connectivity index (χ2v) is 8.38. The highest BCUT2D eigenvalue weighted by molar-refractivity contribution is 7.09. The molecule has 8 heteroatoms. The monoisotopic (exact) mass is 408 g/mol. The van der Waals surface area contributed by atoms with Crippen LogP contribution < -0.4 is 5.32 Å². The maximum absolute atomic E-state index is 12.6. The summed E-state index contributed by atoms with van der Waals surface area (Å²) in [5.41, 5.74) is 2.89. The van der Waals surface area contributed by atoms with E-state index >= 15 is 0 Å². The van der Waals surface area contributed by atoms with Gasteiger partial charge >= 0.3 is 0 Å². The molecule has 1 amide bonds. The van der Waals surface area contributed by atoms with Gasteiger partial charge in [-0.2, -0.15) is 0 Å². The third-order valence-corrected chi connectivity index (χ3v) is 6.00. The second kappa shape index (κ2) is 8.65. The fraction of sp³-hybridized carbons (Fsp3) is 0.381. The minimum Gasteiger partial charge on any atom is -0.342 e. The number of aromatic nitrogens is 4. The molecule has 0 bridgehead atoms. The first-order chi connectivity index (χ1) is 14.1. The molecule has 150 valence electrons. The minimum atomic E-state index is 0.154. The molecule has 0 saturated carbocycles. The smallest absolute Gasteiger partial charge is 0.228 e. The molecule has 3 aromatic heterocycles. The van der Waals surface area contributed by atoms with Crippen LogP contribution in [0.5, 0.6) is 0 Å². The lowest BCUT2D eigenvalue weighted by Crippen LogP contribution is -2.39. The lowest BCUT2D eigenvalue weighted by Gasteiger charge is -2.31. The number of aryl methyl sites for hydroxylation is 2. The quantitative estimate of drug-likeness (QED) is 0.694. The number of nitrogens with zero attached hydrogens (tertiary/aromatic N) is 5. The maximum Gasteiger partial charge on any atom is 0.228 e. The summed E-state index contributed by atoms with van der Waals surface area (Å²) in [5, 5.41) is 6.22. The van der Waals surface area contributed by atoms with Crippen LogP contribution in [-0.4, -0.2) is 43.8 Å². The van der Waals surface area contributed by atoms with Gasteiger partial charge in [-0.1, -0.05) is 6.07 Å². The minimum absolute atomic E-state index is 0.154. The topological polar surface area (TPSA) is 83.9 Å². The van der Waals surface area contributed by atoms with Gasteiger partial charge < -0.3 is 10.2 Å². The summed E-state index contributed by atoms with van der Waals surface area (Å²) in [4.78, 5) is 32.4. The standard InChI is InChI=1S/C21H24N6OS/c1-14-4-3-7-23-21(14)26-19-12-22-11-18(25-19)16-5-8-27(9-6-16)20(28)10-17-13-29-15(2)24-17/h3-4,7,11-13,16H,5-6,8-10H2,1-2H3,(H,23,25,26). The SMILES string of the molecule is Cc1nc(CC(=O)N2CCC(c3cncc(Nc4ncccc4C)n3)CC2)cs1. The van der Waals surface area contributed by atoms with Crippen molar-refractivity contribution in [2.75, 3.05) is 18.4 Å². The number of anilines is 2. The first kappa shape index (κ1) is 19.4. The molecule has 4 heterocycles. The van der Waals surface area contributed by atoms with Crippen molar-refractivity contribution in [3.8, 4) is 0 Å². The molecule has 29 heavy (non-hydrogen) atoms. The van der Waals surface area contributed by atoms with Crippen LogP contribution in [0.3, 0.4) is 0 Å². The number of rotatable bonds is 5. The Morgan fingerprint density at radius 1 is 1.24 bits per heavy atom. The van der Waals surface area contributed by atoms with E-state index in [1.807, 2.05) is 42.5 Å². The molecule has 7 nitrogen and oxygen atoms in total. The summed E-state index contributed by atoms with van der Waals surface area (Å²) < 4.78 is 0. The summed E-state index contributed by atoms with van der Waals surface area (Å²) in [6, 6.07) is 3.92. The summed E-state index contributed by atoms with van der Waals surface area (Å²) in [6.45, 7) is 5.45. The Hall–Kier alpha value is -2.87. The van der Waals surface area contributed by atoms with Crippen molar-refractivity contribution in [2.45, 2.75) is 39.0 Å². The van der Waals surface area contributed by atoms with E-state index in [0.717, 1.165) is 53.7 Å². The summed E-state index contributed by atoms with van der Waals surface area (Å²) >= 11 is 1.59. The van der Waals surface area contributed by atoms with E-state index in [-0.39, 0.29) is 5.91 Å².